The van der Waals surface area contributed by atoms with Crippen molar-refractivity contribution in [2.75, 3.05) is 23.9 Å². The normalized spacial score (nSPS) is 10.4. The van der Waals surface area contributed by atoms with Gasteiger partial charge in [0.05, 0.1) is 5.02 Å². The average molecular weight is 312 g/mol. The molecular formula is C10H13BrCl2N2. The topological polar surface area (TPSA) is 16.1 Å². The number of halogens is 3. The molecule has 0 N–H and O–H groups in total. The molecule has 1 aromatic heterocycles. The summed E-state index contributed by atoms with van der Waals surface area (Å²) in [5, 5.41) is 0.667. The Hall–Kier alpha value is 0.01000. The average Bonchev–Trinajstić information content (AvgIpc) is 2.21. The van der Waals surface area contributed by atoms with Gasteiger partial charge in [-0.15, -0.1) is 11.6 Å². The maximum Gasteiger partial charge on any atom is 0.147 e. The second-order valence-electron chi connectivity index (χ2n) is 3.08. The van der Waals surface area contributed by atoms with Crippen molar-refractivity contribution in [3.05, 3.63) is 21.8 Å². The number of hydrogen-bond donors (Lipinski definition) is 0. The molecule has 0 aliphatic rings. The molecule has 0 bridgehead atoms. The van der Waals surface area contributed by atoms with Crippen LogP contribution in [0.15, 0.2) is 16.7 Å². The first-order valence-corrected chi connectivity index (χ1v) is 6.51. The third-order valence-corrected chi connectivity index (χ3v) is 3.01. The van der Waals surface area contributed by atoms with Gasteiger partial charge < -0.3 is 4.90 Å². The van der Waals surface area contributed by atoms with Crippen LogP contribution in [0, 0.1) is 0 Å². The SMILES string of the molecule is CCN(CCCCl)c1ncc(Br)cc1Cl. The Morgan fingerprint density at radius 2 is 2.27 bits per heavy atom. The number of hydrogen-bond acceptors (Lipinski definition) is 2. The standard InChI is InChI=1S/C10H13BrCl2N2/c1-2-15(5-3-4-12)10-9(13)6-8(11)7-14-10/h6-7H,2-5H2,1H3. The minimum atomic E-state index is 0.657. The molecule has 1 heterocycles. The summed E-state index contributed by atoms with van der Waals surface area (Å²) in [7, 11) is 0. The van der Waals surface area contributed by atoms with Gasteiger partial charge in [-0.1, -0.05) is 11.6 Å². The van der Waals surface area contributed by atoms with E-state index in [1.54, 1.807) is 6.20 Å². The van der Waals surface area contributed by atoms with E-state index >= 15 is 0 Å². The third kappa shape index (κ3) is 3.82. The van der Waals surface area contributed by atoms with E-state index < -0.39 is 0 Å². The Morgan fingerprint density at radius 1 is 1.53 bits per heavy atom. The molecule has 0 spiro atoms. The molecule has 0 saturated carbocycles. The zero-order valence-corrected chi connectivity index (χ0v) is 11.6. The minimum Gasteiger partial charge on any atom is -0.356 e. The highest BCUT2D eigenvalue weighted by molar-refractivity contribution is 9.10. The van der Waals surface area contributed by atoms with Gasteiger partial charge >= 0.3 is 0 Å². The first-order valence-electron chi connectivity index (χ1n) is 4.81. The Morgan fingerprint density at radius 3 is 2.80 bits per heavy atom. The Labute approximate surface area is 109 Å². The number of aromatic nitrogens is 1. The van der Waals surface area contributed by atoms with Crippen LogP contribution in [-0.2, 0) is 0 Å². The molecule has 0 aliphatic carbocycles. The molecule has 0 unspecified atom stereocenters. The summed E-state index contributed by atoms with van der Waals surface area (Å²) in [5.74, 6) is 1.48. The number of alkyl halides is 1. The van der Waals surface area contributed by atoms with Gasteiger partial charge in [-0.05, 0) is 35.3 Å². The van der Waals surface area contributed by atoms with E-state index in [2.05, 4.69) is 32.7 Å². The molecule has 15 heavy (non-hydrogen) atoms. The first-order chi connectivity index (χ1) is 7.19. The number of rotatable bonds is 5. The van der Waals surface area contributed by atoms with E-state index in [9.17, 15) is 0 Å². The highest BCUT2D eigenvalue weighted by Crippen LogP contribution is 2.26. The molecule has 5 heteroatoms. The zero-order valence-electron chi connectivity index (χ0n) is 8.51. The third-order valence-electron chi connectivity index (χ3n) is 2.03. The Bertz CT molecular complexity index is 320. The van der Waals surface area contributed by atoms with Gasteiger partial charge in [0.25, 0.3) is 0 Å². The predicted molar refractivity (Wildman–Crippen MR) is 70.2 cm³/mol. The van der Waals surface area contributed by atoms with Crippen LogP contribution < -0.4 is 4.90 Å². The van der Waals surface area contributed by atoms with Crippen molar-refractivity contribution in [3.63, 3.8) is 0 Å². The number of pyridine rings is 1. The quantitative estimate of drug-likeness (QED) is 0.765. The summed E-state index contributed by atoms with van der Waals surface area (Å²) in [5.41, 5.74) is 0. The van der Waals surface area contributed by atoms with E-state index in [1.807, 2.05) is 6.07 Å². The number of nitrogens with zero attached hydrogens (tertiary/aromatic N) is 2. The Balaban J connectivity index is 2.81. The van der Waals surface area contributed by atoms with Crippen molar-refractivity contribution >= 4 is 44.9 Å². The second-order valence-corrected chi connectivity index (χ2v) is 4.78. The molecule has 0 saturated heterocycles. The van der Waals surface area contributed by atoms with Crippen molar-refractivity contribution < 1.29 is 0 Å². The highest BCUT2D eigenvalue weighted by atomic mass is 79.9. The van der Waals surface area contributed by atoms with E-state index in [0.29, 0.717) is 10.9 Å². The molecule has 84 valence electrons. The number of anilines is 1. The zero-order chi connectivity index (χ0) is 11.3. The summed E-state index contributed by atoms with van der Waals surface area (Å²) < 4.78 is 0.893. The van der Waals surface area contributed by atoms with Crippen molar-refractivity contribution in [2.24, 2.45) is 0 Å². The minimum absolute atomic E-state index is 0.657. The molecule has 2 nitrogen and oxygen atoms in total. The molecule has 0 aliphatic heterocycles. The fraction of sp³-hybridized carbons (Fsp3) is 0.500. The summed E-state index contributed by atoms with van der Waals surface area (Å²) in [6.07, 6.45) is 2.69. The van der Waals surface area contributed by atoms with Gasteiger partial charge in [0.2, 0.25) is 0 Å². The molecule has 0 amide bonds. The molecule has 0 radical (unpaired) electrons. The molecule has 0 aromatic carbocycles. The van der Waals surface area contributed by atoms with Crippen LogP contribution in [0.4, 0.5) is 5.82 Å². The molecular weight excluding hydrogens is 299 g/mol. The van der Waals surface area contributed by atoms with Crippen LogP contribution in [0.3, 0.4) is 0 Å². The van der Waals surface area contributed by atoms with Crippen LogP contribution in [-0.4, -0.2) is 24.0 Å². The van der Waals surface area contributed by atoms with Crippen molar-refractivity contribution in [2.45, 2.75) is 13.3 Å². The lowest BCUT2D eigenvalue weighted by Gasteiger charge is -2.22. The van der Waals surface area contributed by atoms with Gasteiger partial charge in [-0.25, -0.2) is 4.98 Å². The first kappa shape index (κ1) is 13.1. The van der Waals surface area contributed by atoms with E-state index in [1.165, 1.54) is 0 Å². The van der Waals surface area contributed by atoms with Gasteiger partial charge in [0.15, 0.2) is 0 Å². The summed E-state index contributed by atoms with van der Waals surface area (Å²) >= 11 is 15.1. The van der Waals surface area contributed by atoms with Crippen LogP contribution >= 0.6 is 39.1 Å². The second kappa shape index (κ2) is 6.56. The maximum atomic E-state index is 6.11. The predicted octanol–water partition coefficient (Wildman–Crippen LogP) is 3.95. The summed E-state index contributed by atoms with van der Waals surface area (Å²) in [6, 6.07) is 1.85. The van der Waals surface area contributed by atoms with Gasteiger partial charge in [0.1, 0.15) is 5.82 Å². The van der Waals surface area contributed by atoms with Crippen LogP contribution in [0.5, 0.6) is 0 Å². The molecule has 1 rings (SSSR count). The molecule has 1 aromatic rings. The van der Waals surface area contributed by atoms with Gasteiger partial charge in [0, 0.05) is 29.6 Å². The fourth-order valence-corrected chi connectivity index (χ4v) is 2.17. The van der Waals surface area contributed by atoms with Crippen LogP contribution in [0.1, 0.15) is 13.3 Å². The van der Waals surface area contributed by atoms with E-state index in [4.69, 9.17) is 23.2 Å². The maximum absolute atomic E-state index is 6.11. The van der Waals surface area contributed by atoms with E-state index in [-0.39, 0.29) is 0 Å². The Kier molecular flexibility index (Phi) is 5.72. The smallest absolute Gasteiger partial charge is 0.147 e. The molecule has 0 fully saturated rings. The van der Waals surface area contributed by atoms with Crippen molar-refractivity contribution in [1.82, 2.24) is 4.98 Å². The lowest BCUT2D eigenvalue weighted by Crippen LogP contribution is -2.25. The van der Waals surface area contributed by atoms with Crippen molar-refractivity contribution in [3.8, 4) is 0 Å². The summed E-state index contributed by atoms with van der Waals surface area (Å²) in [6.45, 7) is 3.84. The largest absolute Gasteiger partial charge is 0.356 e. The lowest BCUT2D eigenvalue weighted by atomic mass is 10.3. The summed E-state index contributed by atoms with van der Waals surface area (Å²) in [4.78, 5) is 6.43. The van der Waals surface area contributed by atoms with Crippen LogP contribution in [0.2, 0.25) is 5.02 Å². The van der Waals surface area contributed by atoms with Gasteiger partial charge in [-0.2, -0.15) is 0 Å². The van der Waals surface area contributed by atoms with Gasteiger partial charge in [-0.3, -0.25) is 0 Å². The fourth-order valence-electron chi connectivity index (χ4n) is 1.30. The highest BCUT2D eigenvalue weighted by Gasteiger charge is 2.09. The molecule has 0 atom stereocenters. The van der Waals surface area contributed by atoms with Crippen LogP contribution in [0.25, 0.3) is 0 Å². The van der Waals surface area contributed by atoms with Crippen molar-refractivity contribution in [1.29, 1.82) is 0 Å². The lowest BCUT2D eigenvalue weighted by molar-refractivity contribution is 0.781. The monoisotopic (exact) mass is 310 g/mol. The van der Waals surface area contributed by atoms with E-state index in [0.717, 1.165) is 29.8 Å².